The summed E-state index contributed by atoms with van der Waals surface area (Å²) in [6, 6.07) is 8.05. The molecule has 0 radical (unpaired) electrons. The van der Waals surface area contributed by atoms with Gasteiger partial charge >= 0.3 is 0 Å². The smallest absolute Gasteiger partial charge is 0.271 e. The number of amides is 1. The number of nitro groups is 1. The fourth-order valence-electron chi connectivity index (χ4n) is 2.39. The molecule has 0 saturated heterocycles. The normalized spacial score (nSPS) is 11.3. The van der Waals surface area contributed by atoms with Crippen molar-refractivity contribution in [1.29, 1.82) is 0 Å². The van der Waals surface area contributed by atoms with Crippen molar-refractivity contribution in [3.63, 3.8) is 0 Å². The molecule has 144 valence electrons. The van der Waals surface area contributed by atoms with Gasteiger partial charge in [0, 0.05) is 23.7 Å². The van der Waals surface area contributed by atoms with Crippen molar-refractivity contribution in [1.82, 2.24) is 5.32 Å². The standard InChI is InChI=1S/C18H21N3O5S/c1-11(2)19-18(22)16-10-15(8-6-12(16)3)27(25,26)20-17-9-14(21(23)24)7-5-13(17)4/h5-11,20H,1-4H3,(H,19,22). The van der Waals surface area contributed by atoms with Crippen molar-refractivity contribution in [2.24, 2.45) is 0 Å². The summed E-state index contributed by atoms with van der Waals surface area (Å²) in [7, 11) is -4.03. The molecule has 27 heavy (non-hydrogen) atoms. The molecule has 2 N–H and O–H groups in total. The number of sulfonamides is 1. The molecule has 0 fully saturated rings. The highest BCUT2D eigenvalue weighted by Gasteiger charge is 2.20. The average molecular weight is 391 g/mol. The molecule has 2 aromatic carbocycles. The van der Waals surface area contributed by atoms with Crippen molar-refractivity contribution >= 4 is 27.3 Å². The van der Waals surface area contributed by atoms with Crippen LogP contribution in [0.2, 0.25) is 0 Å². The van der Waals surface area contributed by atoms with E-state index in [0.29, 0.717) is 11.1 Å². The van der Waals surface area contributed by atoms with Gasteiger partial charge in [0.1, 0.15) is 0 Å². The van der Waals surface area contributed by atoms with Crippen molar-refractivity contribution < 1.29 is 18.1 Å². The molecule has 2 aromatic rings. The fourth-order valence-corrected chi connectivity index (χ4v) is 3.54. The molecule has 8 nitrogen and oxygen atoms in total. The van der Waals surface area contributed by atoms with Crippen LogP contribution in [0.3, 0.4) is 0 Å². The van der Waals surface area contributed by atoms with Gasteiger partial charge in [-0.15, -0.1) is 0 Å². The highest BCUT2D eigenvalue weighted by atomic mass is 32.2. The number of benzene rings is 2. The SMILES string of the molecule is Cc1ccc([N+](=O)[O-])cc1NS(=O)(=O)c1ccc(C)c(C(=O)NC(C)C)c1. The fraction of sp³-hybridized carbons (Fsp3) is 0.278. The minimum Gasteiger partial charge on any atom is -0.350 e. The van der Waals surface area contributed by atoms with Gasteiger partial charge in [-0.1, -0.05) is 12.1 Å². The lowest BCUT2D eigenvalue weighted by Gasteiger charge is -2.14. The summed E-state index contributed by atoms with van der Waals surface area (Å²) in [5, 5.41) is 13.7. The van der Waals surface area contributed by atoms with Crippen LogP contribution in [0.25, 0.3) is 0 Å². The molecular formula is C18H21N3O5S. The van der Waals surface area contributed by atoms with Crippen molar-refractivity contribution in [3.05, 3.63) is 63.2 Å². The summed E-state index contributed by atoms with van der Waals surface area (Å²) in [5.41, 5.74) is 1.31. The highest BCUT2D eigenvalue weighted by molar-refractivity contribution is 7.92. The van der Waals surface area contributed by atoms with E-state index < -0.39 is 14.9 Å². The quantitative estimate of drug-likeness (QED) is 0.579. The third-order valence-electron chi connectivity index (χ3n) is 3.86. The van der Waals surface area contributed by atoms with Gasteiger partial charge in [0.05, 0.1) is 15.5 Å². The molecule has 1 amide bonds. The number of anilines is 1. The molecule has 0 saturated carbocycles. The maximum atomic E-state index is 12.7. The van der Waals surface area contributed by atoms with E-state index in [1.807, 2.05) is 0 Å². The second kappa shape index (κ2) is 7.75. The monoisotopic (exact) mass is 391 g/mol. The van der Waals surface area contributed by atoms with Crippen molar-refractivity contribution in [2.45, 2.75) is 38.6 Å². The van der Waals surface area contributed by atoms with Gasteiger partial charge in [-0.3, -0.25) is 19.6 Å². The van der Waals surface area contributed by atoms with Crippen LogP contribution in [-0.4, -0.2) is 25.3 Å². The predicted octanol–water partition coefficient (Wildman–Crippen LogP) is 3.15. The lowest BCUT2D eigenvalue weighted by atomic mass is 10.1. The number of aryl methyl sites for hydroxylation is 2. The van der Waals surface area contributed by atoms with Crippen LogP contribution < -0.4 is 10.0 Å². The summed E-state index contributed by atoms with van der Waals surface area (Å²) in [4.78, 5) is 22.5. The number of non-ortho nitro benzene ring substituents is 1. The first kappa shape index (κ1) is 20.4. The van der Waals surface area contributed by atoms with E-state index >= 15 is 0 Å². The topological polar surface area (TPSA) is 118 Å². The highest BCUT2D eigenvalue weighted by Crippen LogP contribution is 2.25. The van der Waals surface area contributed by atoms with Gasteiger partial charge in [0.25, 0.3) is 21.6 Å². The van der Waals surface area contributed by atoms with Crippen LogP contribution in [-0.2, 0) is 10.0 Å². The maximum Gasteiger partial charge on any atom is 0.271 e. The summed E-state index contributed by atoms with van der Waals surface area (Å²) in [6.45, 7) is 6.96. The van der Waals surface area contributed by atoms with Gasteiger partial charge in [-0.05, 0) is 51.0 Å². The van der Waals surface area contributed by atoms with Gasteiger partial charge in [-0.25, -0.2) is 8.42 Å². The Morgan fingerprint density at radius 2 is 1.70 bits per heavy atom. The Hall–Kier alpha value is -2.94. The van der Waals surface area contributed by atoms with E-state index in [4.69, 9.17) is 0 Å². The molecule has 0 spiro atoms. The van der Waals surface area contributed by atoms with Crippen LogP contribution in [0.5, 0.6) is 0 Å². The molecule has 0 aliphatic heterocycles. The molecular weight excluding hydrogens is 370 g/mol. The van der Waals surface area contributed by atoms with Gasteiger partial charge in [-0.2, -0.15) is 0 Å². The zero-order valence-corrected chi connectivity index (χ0v) is 16.3. The zero-order valence-electron chi connectivity index (χ0n) is 15.4. The Morgan fingerprint density at radius 3 is 2.30 bits per heavy atom. The lowest BCUT2D eigenvalue weighted by molar-refractivity contribution is -0.384. The van der Waals surface area contributed by atoms with E-state index in [2.05, 4.69) is 10.0 Å². The van der Waals surface area contributed by atoms with E-state index in [1.165, 1.54) is 24.3 Å². The van der Waals surface area contributed by atoms with Crippen LogP contribution in [0, 0.1) is 24.0 Å². The molecule has 0 unspecified atom stereocenters. The second-order valence-electron chi connectivity index (χ2n) is 6.47. The number of nitrogens with one attached hydrogen (secondary N) is 2. The molecule has 0 atom stereocenters. The Labute approximate surface area is 157 Å². The lowest BCUT2D eigenvalue weighted by Crippen LogP contribution is -2.30. The van der Waals surface area contributed by atoms with E-state index in [0.717, 1.165) is 6.07 Å². The first-order valence-electron chi connectivity index (χ1n) is 8.20. The molecule has 2 rings (SSSR count). The number of carbonyl (C=O) groups excluding carboxylic acids is 1. The molecule has 0 bridgehead atoms. The Bertz CT molecular complexity index is 1000. The number of carbonyl (C=O) groups is 1. The molecule has 0 aliphatic carbocycles. The van der Waals surface area contributed by atoms with Crippen molar-refractivity contribution in [3.8, 4) is 0 Å². The summed E-state index contributed by atoms with van der Waals surface area (Å²) < 4.78 is 27.8. The average Bonchev–Trinajstić information content (AvgIpc) is 2.55. The summed E-state index contributed by atoms with van der Waals surface area (Å²) >= 11 is 0. The molecule has 9 heteroatoms. The molecule has 0 heterocycles. The number of nitro benzene ring substituents is 1. The third-order valence-corrected chi connectivity index (χ3v) is 5.22. The predicted molar refractivity (Wildman–Crippen MR) is 102 cm³/mol. The van der Waals surface area contributed by atoms with Crippen LogP contribution in [0.1, 0.15) is 35.3 Å². The number of hydrogen-bond acceptors (Lipinski definition) is 5. The number of hydrogen-bond donors (Lipinski definition) is 2. The number of rotatable bonds is 6. The van der Waals surface area contributed by atoms with Crippen LogP contribution >= 0.6 is 0 Å². The minimum atomic E-state index is -4.03. The van der Waals surface area contributed by atoms with Crippen LogP contribution in [0.4, 0.5) is 11.4 Å². The van der Waals surface area contributed by atoms with Gasteiger partial charge in [0.15, 0.2) is 0 Å². The van der Waals surface area contributed by atoms with E-state index in [9.17, 15) is 23.3 Å². The third kappa shape index (κ3) is 4.82. The summed E-state index contributed by atoms with van der Waals surface area (Å²) in [5.74, 6) is -0.369. The maximum absolute atomic E-state index is 12.7. The number of nitrogens with zero attached hydrogens (tertiary/aromatic N) is 1. The van der Waals surface area contributed by atoms with Gasteiger partial charge in [0.2, 0.25) is 0 Å². The Kier molecular flexibility index (Phi) is 5.85. The summed E-state index contributed by atoms with van der Waals surface area (Å²) in [6.07, 6.45) is 0. The van der Waals surface area contributed by atoms with E-state index in [1.54, 1.807) is 33.8 Å². The Balaban J connectivity index is 2.42. The Morgan fingerprint density at radius 1 is 1.07 bits per heavy atom. The molecule has 0 aromatic heterocycles. The van der Waals surface area contributed by atoms with Gasteiger partial charge < -0.3 is 5.32 Å². The van der Waals surface area contributed by atoms with Crippen LogP contribution in [0.15, 0.2) is 41.3 Å². The largest absolute Gasteiger partial charge is 0.350 e. The van der Waals surface area contributed by atoms with E-state index in [-0.39, 0.29) is 33.8 Å². The first-order chi connectivity index (χ1) is 12.5. The second-order valence-corrected chi connectivity index (χ2v) is 8.15. The minimum absolute atomic E-state index is 0.0946. The first-order valence-corrected chi connectivity index (χ1v) is 9.69. The zero-order chi connectivity index (χ0) is 20.4. The molecule has 0 aliphatic rings. The van der Waals surface area contributed by atoms with Crippen molar-refractivity contribution in [2.75, 3.05) is 4.72 Å².